The van der Waals surface area contributed by atoms with Crippen LogP contribution in [0.3, 0.4) is 0 Å². The van der Waals surface area contributed by atoms with Crippen LogP contribution in [0.5, 0.6) is 0 Å². The van der Waals surface area contributed by atoms with Crippen molar-refractivity contribution in [1.82, 2.24) is 10.3 Å². The number of carbonyl (C=O) groups is 1. The van der Waals surface area contributed by atoms with Gasteiger partial charge in [0, 0.05) is 29.1 Å². The molecule has 0 radical (unpaired) electrons. The van der Waals surface area contributed by atoms with E-state index in [1.54, 1.807) is 12.4 Å². The fraction of sp³-hybridized carbons (Fsp3) is 0.143. The Morgan fingerprint density at radius 1 is 1.11 bits per heavy atom. The van der Waals surface area contributed by atoms with E-state index in [4.69, 9.17) is 0 Å². The van der Waals surface area contributed by atoms with E-state index >= 15 is 0 Å². The van der Waals surface area contributed by atoms with Crippen molar-refractivity contribution in [3.63, 3.8) is 0 Å². The summed E-state index contributed by atoms with van der Waals surface area (Å²) in [7, 11) is 0. The quantitative estimate of drug-likeness (QED) is 0.890. The van der Waals surface area contributed by atoms with Crippen LogP contribution in [0.25, 0.3) is 0 Å². The maximum absolute atomic E-state index is 11.7. The predicted molar refractivity (Wildman–Crippen MR) is 78.7 cm³/mol. The summed E-state index contributed by atoms with van der Waals surface area (Å²) in [5.41, 5.74) is 1.95. The second-order valence-electron chi connectivity index (χ2n) is 3.99. The van der Waals surface area contributed by atoms with Gasteiger partial charge in [-0.25, -0.2) is 0 Å². The second kappa shape index (κ2) is 6.89. The minimum absolute atomic E-state index is 0.0419. The minimum atomic E-state index is -0.0419. The van der Waals surface area contributed by atoms with Crippen LogP contribution in [0.15, 0.2) is 53.3 Å². The number of amides is 1. The van der Waals surface area contributed by atoms with Gasteiger partial charge < -0.3 is 10.6 Å². The molecule has 2 aromatic rings. The van der Waals surface area contributed by atoms with E-state index in [2.05, 4.69) is 31.5 Å². The fourth-order valence-corrected chi connectivity index (χ4v) is 1.78. The first kappa shape index (κ1) is 13.5. The van der Waals surface area contributed by atoms with Crippen LogP contribution in [0.2, 0.25) is 0 Å². The van der Waals surface area contributed by atoms with Crippen LogP contribution in [0, 0.1) is 0 Å². The number of hydrogen-bond donors (Lipinski definition) is 2. The average molecular weight is 320 g/mol. The molecule has 0 fully saturated rings. The van der Waals surface area contributed by atoms with Crippen LogP contribution in [0.1, 0.15) is 5.56 Å². The Balaban J connectivity index is 1.74. The zero-order valence-corrected chi connectivity index (χ0v) is 11.9. The molecule has 0 unspecified atom stereocenters. The molecule has 0 aliphatic heterocycles. The lowest BCUT2D eigenvalue weighted by Crippen LogP contribution is -2.29. The largest absolute Gasteiger partial charge is 0.376 e. The highest BCUT2D eigenvalue weighted by molar-refractivity contribution is 9.10. The van der Waals surface area contributed by atoms with E-state index in [9.17, 15) is 4.79 Å². The summed E-state index contributed by atoms with van der Waals surface area (Å²) in [6, 6.07) is 11.4. The molecule has 4 nitrogen and oxygen atoms in total. The normalized spacial score (nSPS) is 9.95. The van der Waals surface area contributed by atoms with Crippen LogP contribution < -0.4 is 10.6 Å². The summed E-state index contributed by atoms with van der Waals surface area (Å²) in [5.74, 6) is -0.0419. The standard InChI is InChI=1S/C14H14BrN3O/c15-12-1-3-13(4-2-12)17-10-14(19)18-9-11-5-7-16-8-6-11/h1-8,17H,9-10H2,(H,18,19). The third-order valence-electron chi connectivity index (χ3n) is 2.54. The van der Waals surface area contributed by atoms with Crippen molar-refractivity contribution in [3.05, 3.63) is 58.8 Å². The topological polar surface area (TPSA) is 54.0 Å². The molecular weight excluding hydrogens is 306 g/mol. The van der Waals surface area contributed by atoms with Gasteiger partial charge in [0.25, 0.3) is 0 Å². The molecule has 0 aliphatic rings. The van der Waals surface area contributed by atoms with Gasteiger partial charge in [0.15, 0.2) is 0 Å². The van der Waals surface area contributed by atoms with E-state index in [1.807, 2.05) is 36.4 Å². The highest BCUT2D eigenvalue weighted by Gasteiger charge is 2.01. The lowest BCUT2D eigenvalue weighted by atomic mass is 10.3. The molecule has 1 amide bonds. The third kappa shape index (κ3) is 4.71. The Kier molecular flexibility index (Phi) is 4.92. The van der Waals surface area contributed by atoms with Gasteiger partial charge in [-0.1, -0.05) is 15.9 Å². The average Bonchev–Trinajstić information content (AvgIpc) is 2.45. The van der Waals surface area contributed by atoms with Gasteiger partial charge in [0.2, 0.25) is 5.91 Å². The highest BCUT2D eigenvalue weighted by Crippen LogP contribution is 2.13. The SMILES string of the molecule is O=C(CNc1ccc(Br)cc1)NCc1ccncc1. The summed E-state index contributed by atoms with van der Waals surface area (Å²) in [6.45, 7) is 0.774. The Morgan fingerprint density at radius 2 is 1.79 bits per heavy atom. The Bertz CT molecular complexity index is 528. The van der Waals surface area contributed by atoms with E-state index in [0.29, 0.717) is 6.54 Å². The van der Waals surface area contributed by atoms with Crippen molar-refractivity contribution >= 4 is 27.5 Å². The number of carbonyl (C=O) groups excluding carboxylic acids is 1. The Labute approximate surface area is 120 Å². The van der Waals surface area contributed by atoms with Crippen molar-refractivity contribution in [1.29, 1.82) is 0 Å². The van der Waals surface area contributed by atoms with E-state index in [0.717, 1.165) is 15.7 Å². The highest BCUT2D eigenvalue weighted by atomic mass is 79.9. The number of nitrogens with one attached hydrogen (secondary N) is 2. The third-order valence-corrected chi connectivity index (χ3v) is 3.06. The van der Waals surface area contributed by atoms with E-state index in [-0.39, 0.29) is 12.5 Å². The van der Waals surface area contributed by atoms with Crippen LogP contribution in [0.4, 0.5) is 5.69 Å². The lowest BCUT2D eigenvalue weighted by Gasteiger charge is -2.07. The summed E-state index contributed by atoms with van der Waals surface area (Å²) in [5, 5.41) is 5.90. The van der Waals surface area contributed by atoms with Gasteiger partial charge >= 0.3 is 0 Å². The summed E-state index contributed by atoms with van der Waals surface area (Å²) >= 11 is 3.36. The molecule has 98 valence electrons. The summed E-state index contributed by atoms with van der Waals surface area (Å²) in [6.07, 6.45) is 3.42. The molecule has 1 heterocycles. The first-order chi connectivity index (χ1) is 9.24. The van der Waals surface area contributed by atoms with Crippen molar-refractivity contribution in [2.45, 2.75) is 6.54 Å². The van der Waals surface area contributed by atoms with Gasteiger partial charge in [0.05, 0.1) is 6.54 Å². The van der Waals surface area contributed by atoms with E-state index in [1.165, 1.54) is 0 Å². The molecule has 0 saturated carbocycles. The maximum Gasteiger partial charge on any atom is 0.239 e. The van der Waals surface area contributed by atoms with Crippen molar-refractivity contribution < 1.29 is 4.79 Å². The van der Waals surface area contributed by atoms with Crippen molar-refractivity contribution in [2.24, 2.45) is 0 Å². The van der Waals surface area contributed by atoms with Crippen LogP contribution in [-0.2, 0) is 11.3 Å². The number of hydrogen-bond acceptors (Lipinski definition) is 3. The maximum atomic E-state index is 11.7. The zero-order chi connectivity index (χ0) is 13.5. The van der Waals surface area contributed by atoms with Crippen molar-refractivity contribution in [3.8, 4) is 0 Å². The minimum Gasteiger partial charge on any atom is -0.376 e. The molecule has 2 N–H and O–H groups in total. The number of nitrogens with zero attached hydrogens (tertiary/aromatic N) is 1. The number of halogens is 1. The zero-order valence-electron chi connectivity index (χ0n) is 10.3. The molecule has 0 aliphatic carbocycles. The van der Waals surface area contributed by atoms with E-state index < -0.39 is 0 Å². The second-order valence-corrected chi connectivity index (χ2v) is 4.91. The molecule has 1 aromatic heterocycles. The number of aromatic nitrogens is 1. The van der Waals surface area contributed by atoms with Gasteiger partial charge in [-0.2, -0.15) is 0 Å². The van der Waals surface area contributed by atoms with Gasteiger partial charge in [-0.15, -0.1) is 0 Å². The molecule has 1 aromatic carbocycles. The number of anilines is 1. The molecule has 2 rings (SSSR count). The fourth-order valence-electron chi connectivity index (χ4n) is 1.51. The number of rotatable bonds is 5. The van der Waals surface area contributed by atoms with Crippen LogP contribution >= 0.6 is 15.9 Å². The lowest BCUT2D eigenvalue weighted by molar-refractivity contribution is -0.119. The first-order valence-corrected chi connectivity index (χ1v) is 6.68. The predicted octanol–water partition coefficient (Wildman–Crippen LogP) is 2.57. The Morgan fingerprint density at radius 3 is 2.47 bits per heavy atom. The monoisotopic (exact) mass is 319 g/mol. The smallest absolute Gasteiger partial charge is 0.239 e. The van der Waals surface area contributed by atoms with Gasteiger partial charge in [-0.05, 0) is 42.0 Å². The molecule has 19 heavy (non-hydrogen) atoms. The number of pyridine rings is 1. The molecule has 0 bridgehead atoms. The van der Waals surface area contributed by atoms with Gasteiger partial charge in [0.1, 0.15) is 0 Å². The molecule has 5 heteroatoms. The van der Waals surface area contributed by atoms with Crippen molar-refractivity contribution in [2.75, 3.05) is 11.9 Å². The Hall–Kier alpha value is -1.88. The molecule has 0 atom stereocenters. The molecule has 0 spiro atoms. The number of benzene rings is 1. The van der Waals surface area contributed by atoms with Crippen LogP contribution in [-0.4, -0.2) is 17.4 Å². The molecular formula is C14H14BrN3O. The summed E-state index contributed by atoms with van der Waals surface area (Å²) < 4.78 is 1.01. The summed E-state index contributed by atoms with van der Waals surface area (Å²) in [4.78, 5) is 15.6. The first-order valence-electron chi connectivity index (χ1n) is 5.89. The van der Waals surface area contributed by atoms with Gasteiger partial charge in [-0.3, -0.25) is 9.78 Å². The molecule has 0 saturated heterocycles.